The van der Waals surface area contributed by atoms with Crippen LogP contribution < -0.4 is 24.8 Å². The molecule has 0 aliphatic heterocycles. The summed E-state index contributed by atoms with van der Waals surface area (Å²) in [5, 5.41) is 0. The molecule has 5 heteroatoms. The van der Waals surface area contributed by atoms with Crippen LogP contribution in [0.3, 0.4) is 0 Å². The first-order chi connectivity index (χ1) is 3.42. The SMILES string of the molecule is [CH2-]C(=O)OC(C)(C)C.[Cl-].[Cl-].[Zn+2]. The van der Waals surface area contributed by atoms with Crippen LogP contribution in [0.1, 0.15) is 20.8 Å². The number of rotatable bonds is 0. The van der Waals surface area contributed by atoms with Crippen LogP contribution in [-0.2, 0) is 29.0 Å². The average molecular weight is 251 g/mol. The summed E-state index contributed by atoms with van der Waals surface area (Å²) < 4.78 is 4.69. The van der Waals surface area contributed by atoms with Gasteiger partial charge in [-0.2, -0.15) is 0 Å². The maximum Gasteiger partial charge on any atom is 2.00 e. The fraction of sp³-hybridized carbons (Fsp3) is 0.667. The Morgan fingerprint density at radius 3 is 1.55 bits per heavy atom. The van der Waals surface area contributed by atoms with Gasteiger partial charge in [0.2, 0.25) is 0 Å². The normalized spacial score (nSPS) is 7.91. The summed E-state index contributed by atoms with van der Waals surface area (Å²) >= 11 is 0. The van der Waals surface area contributed by atoms with Gasteiger partial charge in [-0.1, -0.05) is 0 Å². The van der Waals surface area contributed by atoms with Gasteiger partial charge in [-0.3, -0.25) is 11.7 Å². The van der Waals surface area contributed by atoms with E-state index in [0.29, 0.717) is 0 Å². The van der Waals surface area contributed by atoms with E-state index >= 15 is 0 Å². The second-order valence-electron chi connectivity index (χ2n) is 2.59. The molecule has 11 heavy (non-hydrogen) atoms. The monoisotopic (exact) mass is 249 g/mol. The minimum absolute atomic E-state index is 0. The molecule has 0 aromatic heterocycles. The van der Waals surface area contributed by atoms with Crippen LogP contribution in [0.15, 0.2) is 0 Å². The quantitative estimate of drug-likeness (QED) is 0.245. The number of esters is 1. The van der Waals surface area contributed by atoms with E-state index in [1.807, 2.05) is 0 Å². The number of carbonyl (C=O) groups excluding carboxylic acids is 1. The first-order valence-electron chi connectivity index (χ1n) is 2.47. The molecule has 0 rings (SSSR count). The molecule has 0 unspecified atom stereocenters. The maximum absolute atomic E-state index is 10.1. The largest absolute Gasteiger partial charge is 2.00 e. The van der Waals surface area contributed by atoms with Crippen molar-refractivity contribution in [2.24, 2.45) is 0 Å². The predicted molar refractivity (Wildman–Crippen MR) is 31.2 cm³/mol. The second-order valence-corrected chi connectivity index (χ2v) is 2.59. The van der Waals surface area contributed by atoms with E-state index in [0.717, 1.165) is 0 Å². The molecule has 64 valence electrons. The number of hydrogen-bond acceptors (Lipinski definition) is 2. The zero-order valence-corrected chi connectivity index (χ0v) is 11.5. The summed E-state index contributed by atoms with van der Waals surface area (Å²) in [6.45, 7) is 8.47. The van der Waals surface area contributed by atoms with Crippen LogP contribution in [0.25, 0.3) is 0 Å². The number of halogens is 2. The molecule has 0 heterocycles. The zero-order valence-electron chi connectivity index (χ0n) is 6.99. The van der Waals surface area contributed by atoms with Gasteiger partial charge in [-0.15, -0.1) is 0 Å². The first-order valence-corrected chi connectivity index (χ1v) is 2.47. The molecule has 0 saturated carbocycles. The topological polar surface area (TPSA) is 26.3 Å². The maximum atomic E-state index is 10.1. The van der Waals surface area contributed by atoms with E-state index in [4.69, 9.17) is 0 Å². The van der Waals surface area contributed by atoms with Crippen LogP contribution in [0.5, 0.6) is 0 Å². The molecule has 0 atom stereocenters. The van der Waals surface area contributed by atoms with E-state index in [9.17, 15) is 4.79 Å². The summed E-state index contributed by atoms with van der Waals surface area (Å²) in [7, 11) is 0. The van der Waals surface area contributed by atoms with Crippen molar-refractivity contribution in [1.82, 2.24) is 0 Å². The molecule has 2 nitrogen and oxygen atoms in total. The molecule has 0 amide bonds. The van der Waals surface area contributed by atoms with E-state index in [1.54, 1.807) is 20.8 Å². The van der Waals surface area contributed by atoms with Crippen molar-refractivity contribution in [2.75, 3.05) is 0 Å². The van der Waals surface area contributed by atoms with Gasteiger partial charge in [0.05, 0.1) is 0 Å². The fourth-order valence-corrected chi connectivity index (χ4v) is 0.342. The molecular weight excluding hydrogens is 240 g/mol. The Hall–Kier alpha value is 0.543. The van der Waals surface area contributed by atoms with Crippen molar-refractivity contribution in [2.45, 2.75) is 26.4 Å². The van der Waals surface area contributed by atoms with Gasteiger partial charge >= 0.3 is 19.5 Å². The van der Waals surface area contributed by atoms with Crippen molar-refractivity contribution < 1.29 is 53.8 Å². The zero-order chi connectivity index (χ0) is 6.78. The fourth-order valence-electron chi connectivity index (χ4n) is 0.342. The van der Waals surface area contributed by atoms with Crippen LogP contribution in [0.4, 0.5) is 0 Å². The summed E-state index contributed by atoms with van der Waals surface area (Å²) in [4.78, 5) is 10.1. The Morgan fingerprint density at radius 1 is 1.27 bits per heavy atom. The second kappa shape index (κ2) is 8.64. The third-order valence-corrected chi connectivity index (χ3v) is 0.420. The van der Waals surface area contributed by atoms with Crippen LogP contribution in [0, 0.1) is 6.92 Å². The number of ether oxygens (including phenoxy) is 1. The minimum atomic E-state index is -0.475. The van der Waals surface area contributed by atoms with Gasteiger partial charge in [-0.25, -0.2) is 0 Å². The number of carbonyl (C=O) groups is 1. The summed E-state index contributed by atoms with van der Waals surface area (Å²) in [5.74, 6) is -0.475. The van der Waals surface area contributed by atoms with Gasteiger partial charge in [0.25, 0.3) is 0 Å². The van der Waals surface area contributed by atoms with Crippen molar-refractivity contribution in [3.63, 3.8) is 0 Å². The Morgan fingerprint density at radius 2 is 1.55 bits per heavy atom. The Balaban J connectivity index is -0.0000000817. The van der Waals surface area contributed by atoms with Crippen molar-refractivity contribution in [3.8, 4) is 0 Å². The third kappa shape index (κ3) is 25.0. The third-order valence-electron chi connectivity index (χ3n) is 0.420. The molecule has 0 aromatic rings. The minimum Gasteiger partial charge on any atom is -1.00 e. The van der Waals surface area contributed by atoms with Gasteiger partial charge < -0.3 is 29.6 Å². The molecule has 0 aliphatic carbocycles. The molecule has 0 aliphatic rings. The van der Waals surface area contributed by atoms with Crippen LogP contribution in [-0.4, -0.2) is 11.6 Å². The molecule has 0 radical (unpaired) electrons. The van der Waals surface area contributed by atoms with Gasteiger partial charge in [0.1, 0.15) is 5.60 Å². The number of hydrogen-bond donors (Lipinski definition) is 0. The molecular formula is C6H11Cl2O2Zn-. The Bertz CT molecular complexity index is 101. The van der Waals surface area contributed by atoms with Crippen LogP contribution >= 0.6 is 0 Å². The van der Waals surface area contributed by atoms with Gasteiger partial charge in [-0.05, 0) is 20.8 Å². The molecule has 0 aromatic carbocycles. The molecule has 0 spiro atoms. The standard InChI is InChI=1S/C6H11O2.2ClH.Zn/c1-5(7)8-6(2,3)4;;;/h1H2,2-4H3;2*1H;/q-1;;;+2/p-2. The van der Waals surface area contributed by atoms with Gasteiger partial charge in [0.15, 0.2) is 5.97 Å². The van der Waals surface area contributed by atoms with Crippen LogP contribution in [0.2, 0.25) is 0 Å². The van der Waals surface area contributed by atoms with E-state index in [1.165, 1.54) is 0 Å². The molecule has 0 fully saturated rings. The molecule has 0 bridgehead atoms. The smallest absolute Gasteiger partial charge is 1.00 e. The molecule has 0 saturated heterocycles. The first kappa shape index (κ1) is 22.6. The summed E-state index contributed by atoms with van der Waals surface area (Å²) in [6, 6.07) is 0. The Kier molecular flexibility index (Phi) is 17.7. The molecule has 0 N–H and O–H groups in total. The van der Waals surface area contributed by atoms with Gasteiger partial charge in [0, 0.05) is 0 Å². The average Bonchev–Trinajstić information content (AvgIpc) is 1.21. The van der Waals surface area contributed by atoms with E-state index in [2.05, 4.69) is 11.7 Å². The predicted octanol–water partition coefficient (Wildman–Crippen LogP) is -4.83. The van der Waals surface area contributed by atoms with E-state index in [-0.39, 0.29) is 44.3 Å². The van der Waals surface area contributed by atoms with Crippen molar-refractivity contribution >= 4 is 5.97 Å². The summed E-state index contributed by atoms with van der Waals surface area (Å²) in [5.41, 5.74) is -0.390. The van der Waals surface area contributed by atoms with Crippen molar-refractivity contribution in [3.05, 3.63) is 6.92 Å². The van der Waals surface area contributed by atoms with Crippen molar-refractivity contribution in [1.29, 1.82) is 0 Å². The summed E-state index contributed by atoms with van der Waals surface area (Å²) in [6.07, 6.45) is 0. The van der Waals surface area contributed by atoms with E-state index < -0.39 is 11.6 Å². The Labute approximate surface area is 93.0 Å².